The van der Waals surface area contributed by atoms with Crippen molar-refractivity contribution in [3.05, 3.63) is 53.1 Å². The Hall–Kier alpha value is -2.73. The first-order valence-electron chi connectivity index (χ1n) is 12.0. The van der Waals surface area contributed by atoms with Crippen molar-refractivity contribution >= 4 is 5.91 Å². The number of rotatable bonds is 8. The van der Waals surface area contributed by atoms with Gasteiger partial charge in [-0.15, -0.1) is 0 Å². The van der Waals surface area contributed by atoms with Crippen LogP contribution in [0.3, 0.4) is 0 Å². The molecule has 0 spiro atoms. The van der Waals surface area contributed by atoms with Crippen LogP contribution in [-0.4, -0.2) is 62.2 Å². The van der Waals surface area contributed by atoms with E-state index in [4.69, 9.17) is 14.2 Å². The smallest absolute Gasteiger partial charge is 0.254 e. The first-order chi connectivity index (χ1) is 16.0. The number of carbonyl (C=O) groups is 1. The van der Waals surface area contributed by atoms with E-state index in [0.29, 0.717) is 24.0 Å². The highest BCUT2D eigenvalue weighted by Gasteiger charge is 2.32. The first kappa shape index (κ1) is 23.4. The molecule has 0 N–H and O–H groups in total. The zero-order chi connectivity index (χ0) is 23.4. The third kappa shape index (κ3) is 5.61. The van der Waals surface area contributed by atoms with Crippen molar-refractivity contribution in [1.82, 2.24) is 9.80 Å². The molecule has 1 fully saturated rings. The van der Waals surface area contributed by atoms with Gasteiger partial charge in [-0.25, -0.2) is 0 Å². The van der Waals surface area contributed by atoms with Crippen LogP contribution in [0.5, 0.6) is 17.2 Å². The van der Waals surface area contributed by atoms with Gasteiger partial charge in [0.25, 0.3) is 5.91 Å². The van der Waals surface area contributed by atoms with Crippen molar-refractivity contribution in [3.63, 3.8) is 0 Å². The summed E-state index contributed by atoms with van der Waals surface area (Å²) < 4.78 is 17.0. The van der Waals surface area contributed by atoms with E-state index in [9.17, 15) is 4.79 Å². The highest BCUT2D eigenvalue weighted by Crippen LogP contribution is 2.35. The van der Waals surface area contributed by atoms with E-state index in [-0.39, 0.29) is 12.0 Å². The lowest BCUT2D eigenvalue weighted by Gasteiger charge is -2.29. The van der Waals surface area contributed by atoms with E-state index >= 15 is 0 Å². The number of likely N-dealkylation sites (tertiary alicyclic amines) is 1. The summed E-state index contributed by atoms with van der Waals surface area (Å²) in [5.41, 5.74) is 2.96. The Morgan fingerprint density at radius 2 is 1.88 bits per heavy atom. The van der Waals surface area contributed by atoms with Gasteiger partial charge < -0.3 is 19.1 Å². The van der Waals surface area contributed by atoms with E-state index in [2.05, 4.69) is 30.9 Å². The maximum atomic E-state index is 13.1. The summed E-state index contributed by atoms with van der Waals surface area (Å²) in [6.07, 6.45) is 3.65. The van der Waals surface area contributed by atoms with Crippen LogP contribution in [0.4, 0.5) is 0 Å². The lowest BCUT2D eigenvalue weighted by Crippen LogP contribution is -2.40. The number of benzene rings is 2. The molecule has 1 saturated heterocycles. The Balaban J connectivity index is 1.36. The first-order valence-corrected chi connectivity index (χ1v) is 12.0. The normalized spacial score (nSPS) is 19.7. The molecule has 0 bridgehead atoms. The summed E-state index contributed by atoms with van der Waals surface area (Å²) in [4.78, 5) is 17.6. The lowest BCUT2D eigenvalue weighted by molar-refractivity contribution is 0.0725. The van der Waals surface area contributed by atoms with Crippen LogP contribution in [-0.2, 0) is 6.54 Å². The standard InChI is InChI=1S/C27H36N2O4/c1-19-8-7-10-23(12-19)33-20(2)15-28-11-6-5-9-21(16-28)17-29-18-22-13-25(31-3)26(32-4)14-24(22)27(29)30/h7-8,10,12-14,20-21H,5-6,9,11,15-18H2,1-4H3. The molecule has 0 radical (unpaired) electrons. The molecule has 2 aliphatic rings. The number of methoxy groups -OCH3 is 2. The van der Waals surface area contributed by atoms with Gasteiger partial charge >= 0.3 is 0 Å². The van der Waals surface area contributed by atoms with Crippen molar-refractivity contribution < 1.29 is 19.0 Å². The van der Waals surface area contributed by atoms with Gasteiger partial charge in [0.1, 0.15) is 11.9 Å². The fourth-order valence-corrected chi connectivity index (χ4v) is 5.11. The molecule has 2 unspecified atom stereocenters. The van der Waals surface area contributed by atoms with Gasteiger partial charge in [0.05, 0.1) is 14.2 Å². The number of carbonyl (C=O) groups excluding carboxylic acids is 1. The maximum absolute atomic E-state index is 13.1. The summed E-state index contributed by atoms with van der Waals surface area (Å²) in [5, 5.41) is 0. The monoisotopic (exact) mass is 452 g/mol. The van der Waals surface area contributed by atoms with Gasteiger partial charge in [-0.3, -0.25) is 9.69 Å². The number of aryl methyl sites for hydroxylation is 1. The lowest BCUT2D eigenvalue weighted by atomic mass is 10.0. The SMILES string of the molecule is COc1cc2c(cc1OC)C(=O)N(CC1CCCCN(CC(C)Oc3cccc(C)c3)C1)C2. The molecule has 0 aromatic heterocycles. The maximum Gasteiger partial charge on any atom is 0.254 e. The number of hydrogen-bond donors (Lipinski definition) is 0. The largest absolute Gasteiger partial charge is 0.493 e. The van der Waals surface area contributed by atoms with Crippen molar-refractivity contribution in [2.24, 2.45) is 5.92 Å². The minimum atomic E-state index is 0.0953. The van der Waals surface area contributed by atoms with Gasteiger partial charge in [0.15, 0.2) is 11.5 Å². The molecule has 1 amide bonds. The quantitative estimate of drug-likeness (QED) is 0.589. The molecule has 2 aliphatic heterocycles. The van der Waals surface area contributed by atoms with Crippen LogP contribution >= 0.6 is 0 Å². The van der Waals surface area contributed by atoms with Crippen LogP contribution in [0, 0.1) is 12.8 Å². The molecule has 178 valence electrons. The Bertz CT molecular complexity index is 977. The van der Waals surface area contributed by atoms with Crippen LogP contribution in [0.2, 0.25) is 0 Å². The number of fused-ring (bicyclic) bond motifs is 1. The average Bonchev–Trinajstić information content (AvgIpc) is 2.94. The zero-order valence-electron chi connectivity index (χ0n) is 20.3. The van der Waals surface area contributed by atoms with Gasteiger partial charge in [-0.2, -0.15) is 0 Å². The molecule has 2 aromatic carbocycles. The van der Waals surface area contributed by atoms with E-state index in [1.165, 1.54) is 18.4 Å². The summed E-state index contributed by atoms with van der Waals surface area (Å²) in [5.74, 6) is 2.77. The molecule has 4 rings (SSSR count). The third-order valence-electron chi connectivity index (χ3n) is 6.66. The van der Waals surface area contributed by atoms with Crippen LogP contribution in [0.25, 0.3) is 0 Å². The minimum absolute atomic E-state index is 0.0953. The molecular formula is C27H36N2O4. The number of hydrogen-bond acceptors (Lipinski definition) is 5. The van der Waals surface area contributed by atoms with Crippen LogP contribution in [0.1, 0.15) is 47.7 Å². The molecular weight excluding hydrogens is 416 g/mol. The van der Waals surface area contributed by atoms with Gasteiger partial charge in [0, 0.05) is 31.7 Å². The predicted molar refractivity (Wildman–Crippen MR) is 129 cm³/mol. The Morgan fingerprint density at radius 1 is 1.09 bits per heavy atom. The molecule has 6 nitrogen and oxygen atoms in total. The summed E-state index contributed by atoms with van der Waals surface area (Å²) in [6.45, 7) is 8.62. The summed E-state index contributed by atoms with van der Waals surface area (Å²) in [7, 11) is 3.23. The van der Waals surface area contributed by atoms with E-state index in [1.807, 2.05) is 29.2 Å². The molecule has 6 heteroatoms. The molecule has 2 heterocycles. The average molecular weight is 453 g/mol. The molecule has 2 aromatic rings. The Labute approximate surface area is 197 Å². The molecule has 0 aliphatic carbocycles. The van der Waals surface area contributed by atoms with Gasteiger partial charge in [-0.1, -0.05) is 18.6 Å². The second-order valence-corrected chi connectivity index (χ2v) is 9.42. The second-order valence-electron chi connectivity index (χ2n) is 9.42. The predicted octanol–water partition coefficient (Wildman–Crippen LogP) is 4.54. The highest BCUT2D eigenvalue weighted by atomic mass is 16.5. The number of nitrogens with zero attached hydrogens (tertiary/aromatic N) is 2. The fraction of sp³-hybridized carbons (Fsp3) is 0.519. The number of ether oxygens (including phenoxy) is 3. The van der Waals surface area contributed by atoms with Crippen molar-refractivity contribution in [2.45, 2.75) is 45.8 Å². The third-order valence-corrected chi connectivity index (χ3v) is 6.66. The summed E-state index contributed by atoms with van der Waals surface area (Å²) in [6, 6.07) is 12.0. The fourth-order valence-electron chi connectivity index (χ4n) is 5.11. The zero-order valence-corrected chi connectivity index (χ0v) is 20.3. The van der Waals surface area contributed by atoms with E-state index < -0.39 is 0 Å². The van der Waals surface area contributed by atoms with Crippen molar-refractivity contribution in [1.29, 1.82) is 0 Å². The number of amides is 1. The van der Waals surface area contributed by atoms with E-state index in [1.54, 1.807) is 14.2 Å². The van der Waals surface area contributed by atoms with Crippen molar-refractivity contribution in [2.75, 3.05) is 40.4 Å². The topological polar surface area (TPSA) is 51.2 Å². The highest BCUT2D eigenvalue weighted by molar-refractivity contribution is 5.99. The molecule has 2 atom stereocenters. The molecule has 0 saturated carbocycles. The van der Waals surface area contributed by atoms with Crippen molar-refractivity contribution in [3.8, 4) is 17.2 Å². The second kappa shape index (κ2) is 10.5. The Kier molecular flexibility index (Phi) is 7.43. The summed E-state index contributed by atoms with van der Waals surface area (Å²) >= 11 is 0. The van der Waals surface area contributed by atoms with Crippen LogP contribution in [0.15, 0.2) is 36.4 Å². The van der Waals surface area contributed by atoms with Gasteiger partial charge in [-0.05, 0) is 74.5 Å². The minimum Gasteiger partial charge on any atom is -0.493 e. The van der Waals surface area contributed by atoms with E-state index in [0.717, 1.165) is 49.5 Å². The Morgan fingerprint density at radius 3 is 2.64 bits per heavy atom. The van der Waals surface area contributed by atoms with Crippen LogP contribution < -0.4 is 14.2 Å². The molecule has 33 heavy (non-hydrogen) atoms. The van der Waals surface area contributed by atoms with Gasteiger partial charge in [0.2, 0.25) is 0 Å².